The molecule has 0 atom stereocenters. The number of aliphatic carboxylic acids is 1. The van der Waals surface area contributed by atoms with Crippen molar-refractivity contribution in [2.75, 3.05) is 5.32 Å². The molecule has 5 heteroatoms. The standard InChI is InChI=1S/C11H10ClNO3/c1-7-8(12)3-2-4-9(7)13-10(14)5-6-11(15)16/h2-6H,1H3,(H,13,14)(H,15,16)/p-1/b6-5+. The molecule has 1 rings (SSSR count). The second-order valence-electron chi connectivity index (χ2n) is 3.05. The maximum absolute atomic E-state index is 11.2. The molecule has 1 aromatic rings. The molecular weight excluding hydrogens is 230 g/mol. The van der Waals surface area contributed by atoms with E-state index in [2.05, 4.69) is 5.32 Å². The van der Waals surface area contributed by atoms with E-state index in [1.807, 2.05) is 0 Å². The zero-order valence-corrected chi connectivity index (χ0v) is 9.25. The first-order chi connectivity index (χ1) is 7.50. The lowest BCUT2D eigenvalue weighted by Gasteiger charge is -2.07. The normalized spacial score (nSPS) is 10.4. The van der Waals surface area contributed by atoms with E-state index in [1.165, 1.54) is 0 Å². The van der Waals surface area contributed by atoms with E-state index in [1.54, 1.807) is 25.1 Å². The molecule has 0 aliphatic rings. The van der Waals surface area contributed by atoms with E-state index in [4.69, 9.17) is 11.6 Å². The highest BCUT2D eigenvalue weighted by Gasteiger charge is 2.03. The Morgan fingerprint density at radius 2 is 2.06 bits per heavy atom. The van der Waals surface area contributed by atoms with Gasteiger partial charge >= 0.3 is 0 Å². The quantitative estimate of drug-likeness (QED) is 0.796. The number of halogens is 1. The Morgan fingerprint density at radius 3 is 2.69 bits per heavy atom. The summed E-state index contributed by atoms with van der Waals surface area (Å²) >= 11 is 5.85. The molecule has 1 amide bonds. The summed E-state index contributed by atoms with van der Waals surface area (Å²) in [7, 11) is 0. The summed E-state index contributed by atoms with van der Waals surface area (Å²) < 4.78 is 0. The average Bonchev–Trinajstić information content (AvgIpc) is 2.22. The highest BCUT2D eigenvalue weighted by molar-refractivity contribution is 6.31. The van der Waals surface area contributed by atoms with Crippen molar-refractivity contribution in [2.45, 2.75) is 6.92 Å². The second-order valence-corrected chi connectivity index (χ2v) is 3.46. The fourth-order valence-corrected chi connectivity index (χ4v) is 1.24. The van der Waals surface area contributed by atoms with Gasteiger partial charge in [-0.1, -0.05) is 17.7 Å². The number of hydrogen-bond donors (Lipinski definition) is 1. The van der Waals surface area contributed by atoms with Crippen molar-refractivity contribution in [1.29, 1.82) is 0 Å². The zero-order valence-electron chi connectivity index (χ0n) is 8.49. The Bertz CT molecular complexity index is 455. The molecule has 0 saturated heterocycles. The van der Waals surface area contributed by atoms with Gasteiger partial charge in [-0.25, -0.2) is 0 Å². The third-order valence-electron chi connectivity index (χ3n) is 1.90. The van der Waals surface area contributed by atoms with E-state index < -0.39 is 11.9 Å². The molecule has 0 heterocycles. The largest absolute Gasteiger partial charge is 0.545 e. The van der Waals surface area contributed by atoms with Crippen molar-refractivity contribution in [2.24, 2.45) is 0 Å². The number of amides is 1. The predicted molar refractivity (Wildman–Crippen MR) is 59.0 cm³/mol. The minimum atomic E-state index is -1.42. The molecule has 0 unspecified atom stereocenters. The summed E-state index contributed by atoms with van der Waals surface area (Å²) in [6.45, 7) is 1.75. The number of carboxylic acids is 1. The molecule has 0 saturated carbocycles. The number of nitrogens with one attached hydrogen (secondary N) is 1. The summed E-state index contributed by atoms with van der Waals surface area (Å²) in [4.78, 5) is 21.3. The summed E-state index contributed by atoms with van der Waals surface area (Å²) in [6, 6.07) is 5.06. The minimum absolute atomic E-state index is 0.529. The zero-order chi connectivity index (χ0) is 12.1. The predicted octanol–water partition coefficient (Wildman–Crippen LogP) is 0.893. The monoisotopic (exact) mass is 238 g/mol. The van der Waals surface area contributed by atoms with Crippen molar-refractivity contribution < 1.29 is 14.7 Å². The molecule has 84 valence electrons. The fraction of sp³-hybridized carbons (Fsp3) is 0.0909. The van der Waals surface area contributed by atoms with Crippen LogP contribution in [0.5, 0.6) is 0 Å². The van der Waals surface area contributed by atoms with Crippen molar-refractivity contribution >= 4 is 29.2 Å². The smallest absolute Gasteiger partial charge is 0.248 e. The first-order valence-electron chi connectivity index (χ1n) is 4.46. The number of carboxylic acid groups (broad SMARTS) is 1. The molecule has 1 N–H and O–H groups in total. The van der Waals surface area contributed by atoms with Crippen LogP contribution < -0.4 is 10.4 Å². The van der Waals surface area contributed by atoms with Gasteiger partial charge in [-0.3, -0.25) is 4.79 Å². The van der Waals surface area contributed by atoms with Gasteiger partial charge in [0, 0.05) is 16.8 Å². The second kappa shape index (κ2) is 5.32. The van der Waals surface area contributed by atoms with Crippen LogP contribution in [-0.2, 0) is 9.59 Å². The maximum atomic E-state index is 11.2. The van der Waals surface area contributed by atoms with Crippen LogP contribution in [0.1, 0.15) is 5.56 Å². The Hall–Kier alpha value is -1.81. The van der Waals surface area contributed by atoms with Crippen LogP contribution in [0, 0.1) is 6.92 Å². The molecule has 0 radical (unpaired) electrons. The molecule has 0 aromatic heterocycles. The van der Waals surface area contributed by atoms with E-state index in [0.29, 0.717) is 16.8 Å². The van der Waals surface area contributed by atoms with Gasteiger partial charge < -0.3 is 15.2 Å². The first kappa shape index (κ1) is 12.3. The van der Waals surface area contributed by atoms with Crippen molar-refractivity contribution in [3.63, 3.8) is 0 Å². The molecule has 0 bridgehead atoms. The SMILES string of the molecule is Cc1c(Cl)cccc1NC(=O)/C=C/C(=O)[O-]. The minimum Gasteiger partial charge on any atom is -0.545 e. The highest BCUT2D eigenvalue weighted by atomic mass is 35.5. The third-order valence-corrected chi connectivity index (χ3v) is 2.31. The number of benzene rings is 1. The Morgan fingerprint density at radius 1 is 1.38 bits per heavy atom. The van der Waals surface area contributed by atoms with Crippen LogP contribution in [0.4, 0.5) is 5.69 Å². The molecular formula is C11H9ClNO3-. The van der Waals surface area contributed by atoms with Gasteiger partial charge in [0.2, 0.25) is 5.91 Å². The topological polar surface area (TPSA) is 69.2 Å². The Balaban J connectivity index is 2.78. The third kappa shape index (κ3) is 3.40. The van der Waals surface area contributed by atoms with Gasteiger partial charge in [0.25, 0.3) is 0 Å². The summed E-state index contributed by atoms with van der Waals surface area (Å²) in [5, 5.41) is 13.1. The van der Waals surface area contributed by atoms with E-state index in [0.717, 1.165) is 11.6 Å². The summed E-state index contributed by atoms with van der Waals surface area (Å²) in [5.74, 6) is -1.97. The van der Waals surface area contributed by atoms with Crippen molar-refractivity contribution in [3.8, 4) is 0 Å². The van der Waals surface area contributed by atoms with E-state index >= 15 is 0 Å². The highest BCUT2D eigenvalue weighted by Crippen LogP contribution is 2.22. The average molecular weight is 239 g/mol. The molecule has 0 aliphatic carbocycles. The molecule has 0 fully saturated rings. The van der Waals surface area contributed by atoms with Gasteiger partial charge in [-0.2, -0.15) is 0 Å². The lowest BCUT2D eigenvalue weighted by Crippen LogP contribution is -2.20. The molecule has 1 aromatic carbocycles. The van der Waals surface area contributed by atoms with Crippen LogP contribution >= 0.6 is 11.6 Å². The van der Waals surface area contributed by atoms with Gasteiger partial charge in [0.1, 0.15) is 0 Å². The number of carbonyl (C=O) groups excluding carboxylic acids is 2. The number of rotatable bonds is 3. The Kier molecular flexibility index (Phi) is 4.08. The van der Waals surface area contributed by atoms with Crippen LogP contribution in [0.2, 0.25) is 5.02 Å². The summed E-state index contributed by atoms with van der Waals surface area (Å²) in [5.41, 5.74) is 1.26. The van der Waals surface area contributed by atoms with E-state index in [-0.39, 0.29) is 0 Å². The van der Waals surface area contributed by atoms with Crippen LogP contribution in [0.25, 0.3) is 0 Å². The van der Waals surface area contributed by atoms with Gasteiger partial charge in [0.05, 0.1) is 5.97 Å². The van der Waals surface area contributed by atoms with Crippen LogP contribution in [0.15, 0.2) is 30.4 Å². The number of carbonyl (C=O) groups is 2. The lowest BCUT2D eigenvalue weighted by molar-refractivity contribution is -0.297. The molecule has 0 aliphatic heterocycles. The van der Waals surface area contributed by atoms with Gasteiger partial charge in [-0.05, 0) is 30.7 Å². The first-order valence-corrected chi connectivity index (χ1v) is 4.83. The van der Waals surface area contributed by atoms with Crippen LogP contribution in [0.3, 0.4) is 0 Å². The molecule has 4 nitrogen and oxygen atoms in total. The van der Waals surface area contributed by atoms with Gasteiger partial charge in [-0.15, -0.1) is 0 Å². The maximum Gasteiger partial charge on any atom is 0.248 e. The van der Waals surface area contributed by atoms with E-state index in [9.17, 15) is 14.7 Å². The Labute approximate surface area is 97.5 Å². The van der Waals surface area contributed by atoms with Crippen LogP contribution in [-0.4, -0.2) is 11.9 Å². The van der Waals surface area contributed by atoms with Crippen molar-refractivity contribution in [1.82, 2.24) is 0 Å². The number of anilines is 1. The van der Waals surface area contributed by atoms with Crippen molar-refractivity contribution in [3.05, 3.63) is 40.9 Å². The van der Waals surface area contributed by atoms with Gasteiger partial charge in [0.15, 0.2) is 0 Å². The number of hydrogen-bond acceptors (Lipinski definition) is 3. The fourth-order valence-electron chi connectivity index (χ4n) is 1.06. The molecule has 16 heavy (non-hydrogen) atoms. The lowest BCUT2D eigenvalue weighted by atomic mass is 10.2. The molecule has 0 spiro atoms. The summed E-state index contributed by atoms with van der Waals surface area (Å²) in [6.07, 6.45) is 1.55.